The molecule has 0 N–H and O–H groups in total. The Hall–Kier alpha value is -2.80. The summed E-state index contributed by atoms with van der Waals surface area (Å²) in [5.74, 6) is 1.61. The van der Waals surface area contributed by atoms with Crippen molar-refractivity contribution in [3.63, 3.8) is 0 Å². The molecule has 140 valence electrons. The maximum absolute atomic E-state index is 12.5. The summed E-state index contributed by atoms with van der Waals surface area (Å²) in [7, 11) is 3.25. The van der Waals surface area contributed by atoms with E-state index in [0.717, 1.165) is 22.6 Å². The average molecular weight is 383 g/mol. The Kier molecular flexibility index (Phi) is 6.13. The van der Waals surface area contributed by atoms with Gasteiger partial charge in [-0.05, 0) is 54.4 Å². The third kappa shape index (κ3) is 4.68. The van der Waals surface area contributed by atoms with Gasteiger partial charge in [0.05, 0.1) is 32.2 Å². The van der Waals surface area contributed by atoms with E-state index in [9.17, 15) is 4.79 Å². The third-order valence-electron chi connectivity index (χ3n) is 4.09. The van der Waals surface area contributed by atoms with Gasteiger partial charge in [-0.15, -0.1) is 5.10 Å². The SMILES string of the molecule is COc1ccc(/C=N/N=C2\SC(C)C(=O)N2Cc2ccc(OC)cc2)cc1. The molecule has 7 heteroatoms. The summed E-state index contributed by atoms with van der Waals surface area (Å²) in [6.07, 6.45) is 1.66. The van der Waals surface area contributed by atoms with Crippen LogP contribution in [0.25, 0.3) is 0 Å². The number of ether oxygens (including phenoxy) is 2. The van der Waals surface area contributed by atoms with Crippen molar-refractivity contribution >= 4 is 29.1 Å². The molecule has 2 aromatic rings. The molecule has 1 atom stereocenters. The minimum Gasteiger partial charge on any atom is -0.497 e. The molecule has 0 aliphatic carbocycles. The molecule has 2 aromatic carbocycles. The normalized spacial score (nSPS) is 18.5. The molecule has 1 amide bonds. The van der Waals surface area contributed by atoms with Crippen molar-refractivity contribution in [3.8, 4) is 11.5 Å². The number of amidine groups is 1. The van der Waals surface area contributed by atoms with E-state index in [4.69, 9.17) is 9.47 Å². The third-order valence-corrected chi connectivity index (χ3v) is 5.16. The summed E-state index contributed by atoms with van der Waals surface area (Å²) in [4.78, 5) is 14.1. The predicted molar refractivity (Wildman–Crippen MR) is 109 cm³/mol. The van der Waals surface area contributed by atoms with Crippen LogP contribution >= 0.6 is 11.8 Å². The minimum absolute atomic E-state index is 0.0363. The Morgan fingerprint density at radius 2 is 1.63 bits per heavy atom. The fraction of sp³-hybridized carbons (Fsp3) is 0.250. The number of methoxy groups -OCH3 is 2. The number of carbonyl (C=O) groups is 1. The average Bonchev–Trinajstić information content (AvgIpc) is 2.97. The zero-order valence-corrected chi connectivity index (χ0v) is 16.3. The summed E-state index contributed by atoms with van der Waals surface area (Å²) >= 11 is 1.42. The number of amides is 1. The van der Waals surface area contributed by atoms with Crippen molar-refractivity contribution in [2.45, 2.75) is 18.7 Å². The second-order valence-electron chi connectivity index (χ2n) is 5.93. The van der Waals surface area contributed by atoms with Crippen LogP contribution in [0, 0.1) is 0 Å². The van der Waals surface area contributed by atoms with Crippen LogP contribution in [0.15, 0.2) is 58.7 Å². The van der Waals surface area contributed by atoms with E-state index in [1.807, 2.05) is 55.5 Å². The first kappa shape index (κ1) is 19.0. The zero-order chi connectivity index (χ0) is 19.2. The molecule has 1 unspecified atom stereocenters. The van der Waals surface area contributed by atoms with Gasteiger partial charge >= 0.3 is 0 Å². The van der Waals surface area contributed by atoms with Gasteiger partial charge in [0.2, 0.25) is 5.91 Å². The van der Waals surface area contributed by atoms with Gasteiger partial charge in [0.15, 0.2) is 5.17 Å². The Balaban J connectivity index is 1.73. The fourth-order valence-electron chi connectivity index (χ4n) is 2.56. The largest absolute Gasteiger partial charge is 0.497 e. The molecular weight excluding hydrogens is 362 g/mol. The molecule has 1 saturated heterocycles. The topological polar surface area (TPSA) is 63.5 Å². The lowest BCUT2D eigenvalue weighted by atomic mass is 10.2. The molecular formula is C20H21N3O3S. The first-order valence-corrected chi connectivity index (χ1v) is 9.34. The number of carbonyl (C=O) groups excluding carboxylic acids is 1. The summed E-state index contributed by atoms with van der Waals surface area (Å²) in [6, 6.07) is 15.2. The molecule has 1 heterocycles. The molecule has 6 nitrogen and oxygen atoms in total. The summed E-state index contributed by atoms with van der Waals surface area (Å²) in [6.45, 7) is 2.33. The molecule has 0 spiro atoms. The molecule has 0 radical (unpaired) electrons. The molecule has 3 rings (SSSR count). The van der Waals surface area contributed by atoms with Crippen LogP contribution in [0.3, 0.4) is 0 Å². The number of hydrogen-bond donors (Lipinski definition) is 0. The monoisotopic (exact) mass is 383 g/mol. The maximum atomic E-state index is 12.5. The lowest BCUT2D eigenvalue weighted by Crippen LogP contribution is -2.30. The summed E-state index contributed by atoms with van der Waals surface area (Å²) in [5, 5.41) is 8.86. The Labute approximate surface area is 162 Å². The van der Waals surface area contributed by atoms with Crippen molar-refractivity contribution in [2.24, 2.45) is 10.2 Å². The number of nitrogens with zero attached hydrogens (tertiary/aromatic N) is 3. The van der Waals surface area contributed by atoms with Crippen LogP contribution in [0.1, 0.15) is 18.1 Å². The van der Waals surface area contributed by atoms with Crippen LogP contribution < -0.4 is 9.47 Å². The van der Waals surface area contributed by atoms with Gasteiger partial charge in [0.1, 0.15) is 11.5 Å². The molecule has 27 heavy (non-hydrogen) atoms. The lowest BCUT2D eigenvalue weighted by molar-refractivity contribution is -0.126. The van der Waals surface area contributed by atoms with Crippen molar-refractivity contribution in [1.82, 2.24) is 4.90 Å². The first-order chi connectivity index (χ1) is 13.1. The quantitative estimate of drug-likeness (QED) is 0.565. The van der Waals surface area contributed by atoms with E-state index in [2.05, 4.69) is 10.2 Å². The lowest BCUT2D eigenvalue weighted by Gasteiger charge is -2.15. The van der Waals surface area contributed by atoms with Gasteiger partial charge in [-0.3, -0.25) is 9.69 Å². The second kappa shape index (κ2) is 8.73. The number of benzene rings is 2. The van der Waals surface area contributed by atoms with Crippen LogP contribution in [-0.2, 0) is 11.3 Å². The van der Waals surface area contributed by atoms with Crippen molar-refractivity contribution in [3.05, 3.63) is 59.7 Å². The first-order valence-electron chi connectivity index (χ1n) is 8.46. The summed E-state index contributed by atoms with van der Waals surface area (Å²) in [5.41, 5.74) is 1.91. The van der Waals surface area contributed by atoms with Crippen molar-refractivity contribution in [2.75, 3.05) is 14.2 Å². The summed E-state index contributed by atoms with van der Waals surface area (Å²) < 4.78 is 10.3. The van der Waals surface area contributed by atoms with E-state index >= 15 is 0 Å². The van der Waals surface area contributed by atoms with Crippen molar-refractivity contribution in [1.29, 1.82) is 0 Å². The van der Waals surface area contributed by atoms with E-state index in [1.165, 1.54) is 11.8 Å². The van der Waals surface area contributed by atoms with Gasteiger partial charge in [0, 0.05) is 0 Å². The highest BCUT2D eigenvalue weighted by Crippen LogP contribution is 2.28. The highest BCUT2D eigenvalue weighted by Gasteiger charge is 2.35. The molecule has 0 aromatic heterocycles. The van der Waals surface area contributed by atoms with Crippen LogP contribution in [0.2, 0.25) is 0 Å². The second-order valence-corrected chi connectivity index (χ2v) is 7.24. The van der Waals surface area contributed by atoms with E-state index in [1.54, 1.807) is 25.3 Å². The van der Waals surface area contributed by atoms with Gasteiger partial charge in [-0.1, -0.05) is 23.9 Å². The Bertz CT molecular complexity index is 848. The molecule has 1 fully saturated rings. The van der Waals surface area contributed by atoms with Gasteiger partial charge in [0.25, 0.3) is 0 Å². The predicted octanol–water partition coefficient (Wildman–Crippen LogP) is 3.56. The Morgan fingerprint density at radius 1 is 1.04 bits per heavy atom. The molecule has 1 aliphatic heterocycles. The van der Waals surface area contributed by atoms with Crippen molar-refractivity contribution < 1.29 is 14.3 Å². The zero-order valence-electron chi connectivity index (χ0n) is 15.5. The highest BCUT2D eigenvalue weighted by atomic mass is 32.2. The van der Waals surface area contributed by atoms with Crippen LogP contribution in [0.5, 0.6) is 11.5 Å². The highest BCUT2D eigenvalue weighted by molar-refractivity contribution is 8.15. The number of thioether (sulfide) groups is 1. The van der Waals surface area contributed by atoms with Gasteiger partial charge in [-0.2, -0.15) is 5.10 Å². The van der Waals surface area contributed by atoms with Crippen LogP contribution in [-0.4, -0.2) is 41.7 Å². The molecule has 0 bridgehead atoms. The fourth-order valence-corrected chi connectivity index (χ4v) is 3.48. The van der Waals surface area contributed by atoms with Crippen LogP contribution in [0.4, 0.5) is 0 Å². The van der Waals surface area contributed by atoms with E-state index in [0.29, 0.717) is 11.7 Å². The minimum atomic E-state index is -0.168. The number of hydrogen-bond acceptors (Lipinski definition) is 6. The molecule has 1 aliphatic rings. The smallest absolute Gasteiger partial charge is 0.242 e. The van der Waals surface area contributed by atoms with Gasteiger partial charge in [-0.25, -0.2) is 0 Å². The van der Waals surface area contributed by atoms with E-state index < -0.39 is 0 Å². The standard InChI is InChI=1S/C20H21N3O3S/c1-14-19(24)23(13-16-6-10-18(26-3)11-7-16)20(27-14)22-21-12-15-4-8-17(25-2)9-5-15/h4-12,14H,13H2,1-3H3/b21-12+,22-20-. The van der Waals surface area contributed by atoms with Gasteiger partial charge < -0.3 is 9.47 Å². The Morgan fingerprint density at radius 3 is 2.22 bits per heavy atom. The number of rotatable bonds is 6. The maximum Gasteiger partial charge on any atom is 0.242 e. The van der Waals surface area contributed by atoms with E-state index in [-0.39, 0.29) is 11.2 Å². The molecule has 0 saturated carbocycles.